The van der Waals surface area contributed by atoms with Gasteiger partial charge in [-0.3, -0.25) is 0 Å². The van der Waals surface area contributed by atoms with Gasteiger partial charge in [0.25, 0.3) is 0 Å². The van der Waals surface area contributed by atoms with Crippen LogP contribution >= 0.6 is 0 Å². The summed E-state index contributed by atoms with van der Waals surface area (Å²) < 4.78 is 5.69. The quantitative estimate of drug-likeness (QED) is 0.739. The molecule has 0 spiro atoms. The van der Waals surface area contributed by atoms with E-state index in [2.05, 4.69) is 44.1 Å². The highest BCUT2D eigenvalue weighted by Crippen LogP contribution is 2.11. The number of aromatic nitrogens is 1. The standard InChI is InChI=1S/C16H28N2O/c1-5-6-14(4)12-19-16-8-7-15(11-18-16)10-17-9-13(2)3/h7-8,11,13-14,17H,5-6,9-10,12H2,1-4H3. The molecule has 1 atom stereocenters. The van der Waals surface area contributed by atoms with Crippen molar-refractivity contribution >= 4 is 0 Å². The smallest absolute Gasteiger partial charge is 0.213 e. The Morgan fingerprint density at radius 1 is 1.26 bits per heavy atom. The number of hydrogen-bond donors (Lipinski definition) is 1. The van der Waals surface area contributed by atoms with E-state index in [0.29, 0.717) is 11.8 Å². The van der Waals surface area contributed by atoms with Gasteiger partial charge >= 0.3 is 0 Å². The van der Waals surface area contributed by atoms with Gasteiger partial charge in [0.05, 0.1) is 6.61 Å². The Bertz CT molecular complexity index is 335. The topological polar surface area (TPSA) is 34.1 Å². The second-order valence-electron chi connectivity index (χ2n) is 5.73. The molecule has 0 radical (unpaired) electrons. The van der Waals surface area contributed by atoms with Crippen molar-refractivity contribution in [3.8, 4) is 5.88 Å². The second kappa shape index (κ2) is 8.92. The van der Waals surface area contributed by atoms with Crippen LogP contribution in [-0.2, 0) is 6.54 Å². The van der Waals surface area contributed by atoms with E-state index in [1.807, 2.05) is 12.3 Å². The normalized spacial score (nSPS) is 12.7. The molecule has 0 aliphatic heterocycles. The van der Waals surface area contributed by atoms with Gasteiger partial charge in [0.1, 0.15) is 0 Å². The third-order valence-corrected chi connectivity index (χ3v) is 2.98. The van der Waals surface area contributed by atoms with Crippen LogP contribution in [0, 0.1) is 11.8 Å². The maximum atomic E-state index is 5.69. The predicted octanol–water partition coefficient (Wildman–Crippen LogP) is 3.64. The van der Waals surface area contributed by atoms with Crippen LogP contribution in [0.5, 0.6) is 5.88 Å². The summed E-state index contributed by atoms with van der Waals surface area (Å²) in [5.41, 5.74) is 1.20. The first-order valence-electron chi connectivity index (χ1n) is 7.40. The van der Waals surface area contributed by atoms with Gasteiger partial charge in [0.15, 0.2) is 0 Å². The van der Waals surface area contributed by atoms with Crippen LogP contribution in [0.4, 0.5) is 0 Å². The number of pyridine rings is 1. The van der Waals surface area contributed by atoms with Crippen molar-refractivity contribution in [2.75, 3.05) is 13.2 Å². The van der Waals surface area contributed by atoms with Crippen LogP contribution in [-0.4, -0.2) is 18.1 Å². The fraction of sp³-hybridized carbons (Fsp3) is 0.688. The molecule has 108 valence electrons. The molecule has 1 unspecified atom stereocenters. The highest BCUT2D eigenvalue weighted by Gasteiger charge is 2.03. The van der Waals surface area contributed by atoms with E-state index in [0.717, 1.165) is 25.6 Å². The Kier molecular flexibility index (Phi) is 7.49. The van der Waals surface area contributed by atoms with Crippen molar-refractivity contribution in [2.45, 2.75) is 47.1 Å². The summed E-state index contributed by atoms with van der Waals surface area (Å²) in [5.74, 6) is 2.00. The van der Waals surface area contributed by atoms with Crippen molar-refractivity contribution in [3.05, 3.63) is 23.9 Å². The third-order valence-electron chi connectivity index (χ3n) is 2.98. The van der Waals surface area contributed by atoms with Gasteiger partial charge in [-0.1, -0.05) is 40.2 Å². The van der Waals surface area contributed by atoms with Crippen LogP contribution in [0.15, 0.2) is 18.3 Å². The Balaban J connectivity index is 2.30. The number of ether oxygens (including phenoxy) is 1. The lowest BCUT2D eigenvalue weighted by Gasteiger charge is -2.12. The molecule has 1 aromatic heterocycles. The molecule has 0 saturated carbocycles. The van der Waals surface area contributed by atoms with Gasteiger partial charge in [0, 0.05) is 18.8 Å². The maximum Gasteiger partial charge on any atom is 0.213 e. The number of nitrogens with one attached hydrogen (secondary N) is 1. The minimum Gasteiger partial charge on any atom is -0.477 e. The Morgan fingerprint density at radius 2 is 2.05 bits per heavy atom. The van der Waals surface area contributed by atoms with E-state index in [9.17, 15) is 0 Å². The molecular weight excluding hydrogens is 236 g/mol. The monoisotopic (exact) mass is 264 g/mol. The first-order valence-corrected chi connectivity index (χ1v) is 7.40. The fourth-order valence-corrected chi connectivity index (χ4v) is 1.91. The van der Waals surface area contributed by atoms with Crippen LogP contribution in [0.2, 0.25) is 0 Å². The summed E-state index contributed by atoms with van der Waals surface area (Å²) in [5, 5.41) is 3.41. The molecule has 0 aromatic carbocycles. The largest absolute Gasteiger partial charge is 0.477 e. The summed E-state index contributed by atoms with van der Waals surface area (Å²) in [4.78, 5) is 4.35. The van der Waals surface area contributed by atoms with Crippen LogP contribution in [0.25, 0.3) is 0 Å². The first kappa shape index (κ1) is 16.0. The van der Waals surface area contributed by atoms with Gasteiger partial charge in [-0.15, -0.1) is 0 Å². The molecule has 0 amide bonds. The molecule has 0 aliphatic rings. The molecule has 3 nitrogen and oxygen atoms in total. The maximum absolute atomic E-state index is 5.69. The van der Waals surface area contributed by atoms with E-state index < -0.39 is 0 Å². The van der Waals surface area contributed by atoms with Gasteiger partial charge in [-0.25, -0.2) is 4.98 Å². The summed E-state index contributed by atoms with van der Waals surface area (Å²) in [6.45, 7) is 11.5. The highest BCUT2D eigenvalue weighted by atomic mass is 16.5. The van der Waals surface area contributed by atoms with Crippen LogP contribution < -0.4 is 10.1 Å². The molecule has 0 fully saturated rings. The SMILES string of the molecule is CCCC(C)COc1ccc(CNCC(C)C)cn1. The van der Waals surface area contributed by atoms with E-state index in [1.54, 1.807) is 0 Å². The Morgan fingerprint density at radius 3 is 2.63 bits per heavy atom. The van der Waals surface area contributed by atoms with Crippen molar-refractivity contribution in [3.63, 3.8) is 0 Å². The van der Waals surface area contributed by atoms with Crippen molar-refractivity contribution < 1.29 is 4.74 Å². The van der Waals surface area contributed by atoms with Gasteiger partial charge in [0.2, 0.25) is 5.88 Å². The molecular formula is C16H28N2O. The molecule has 0 saturated heterocycles. The summed E-state index contributed by atoms with van der Waals surface area (Å²) in [6.07, 6.45) is 4.31. The lowest BCUT2D eigenvalue weighted by Crippen LogP contribution is -2.19. The minimum absolute atomic E-state index is 0.596. The number of rotatable bonds is 9. The van der Waals surface area contributed by atoms with Crippen LogP contribution in [0.3, 0.4) is 0 Å². The van der Waals surface area contributed by atoms with Gasteiger partial charge < -0.3 is 10.1 Å². The third kappa shape index (κ3) is 7.16. The molecule has 1 heterocycles. The van der Waals surface area contributed by atoms with Crippen LogP contribution in [0.1, 0.15) is 46.1 Å². The number of hydrogen-bond acceptors (Lipinski definition) is 3. The molecule has 0 bridgehead atoms. The first-order chi connectivity index (χ1) is 9.11. The Hall–Kier alpha value is -1.09. The zero-order valence-electron chi connectivity index (χ0n) is 12.8. The second-order valence-corrected chi connectivity index (χ2v) is 5.73. The average Bonchev–Trinajstić information content (AvgIpc) is 2.38. The highest BCUT2D eigenvalue weighted by molar-refractivity contribution is 5.17. The fourth-order valence-electron chi connectivity index (χ4n) is 1.91. The molecule has 1 aromatic rings. The summed E-state index contributed by atoms with van der Waals surface area (Å²) >= 11 is 0. The Labute approximate surface area is 117 Å². The summed E-state index contributed by atoms with van der Waals surface area (Å²) in [7, 11) is 0. The van der Waals surface area contributed by atoms with E-state index in [4.69, 9.17) is 4.74 Å². The lowest BCUT2D eigenvalue weighted by molar-refractivity contribution is 0.243. The molecule has 3 heteroatoms. The van der Waals surface area contributed by atoms with Crippen molar-refractivity contribution in [1.29, 1.82) is 0 Å². The zero-order valence-corrected chi connectivity index (χ0v) is 12.8. The van der Waals surface area contributed by atoms with Crippen molar-refractivity contribution in [1.82, 2.24) is 10.3 Å². The zero-order chi connectivity index (χ0) is 14.1. The van der Waals surface area contributed by atoms with E-state index >= 15 is 0 Å². The van der Waals surface area contributed by atoms with Gasteiger partial charge in [-0.2, -0.15) is 0 Å². The summed E-state index contributed by atoms with van der Waals surface area (Å²) in [6, 6.07) is 4.05. The molecule has 1 N–H and O–H groups in total. The predicted molar refractivity (Wildman–Crippen MR) is 80.3 cm³/mol. The minimum atomic E-state index is 0.596. The molecule has 0 aliphatic carbocycles. The van der Waals surface area contributed by atoms with E-state index in [-0.39, 0.29) is 0 Å². The lowest BCUT2D eigenvalue weighted by atomic mass is 10.1. The van der Waals surface area contributed by atoms with E-state index in [1.165, 1.54) is 18.4 Å². The average molecular weight is 264 g/mol. The molecule has 19 heavy (non-hydrogen) atoms. The molecule has 1 rings (SSSR count). The van der Waals surface area contributed by atoms with Gasteiger partial charge in [-0.05, 0) is 30.4 Å². The number of nitrogens with zero attached hydrogens (tertiary/aromatic N) is 1. The van der Waals surface area contributed by atoms with Crippen molar-refractivity contribution in [2.24, 2.45) is 11.8 Å².